The molecule has 0 unspecified atom stereocenters. The number of rotatable bonds is 5. The van der Waals surface area contributed by atoms with Crippen molar-refractivity contribution in [1.29, 1.82) is 0 Å². The van der Waals surface area contributed by atoms with Crippen LogP contribution in [0.15, 0.2) is 64.2 Å². The monoisotopic (exact) mass is 325 g/mol. The highest BCUT2D eigenvalue weighted by atomic mass is 32.2. The van der Waals surface area contributed by atoms with E-state index in [1.54, 1.807) is 0 Å². The molecule has 1 heterocycles. The summed E-state index contributed by atoms with van der Waals surface area (Å²) in [5, 5.41) is 11.2. The maximum absolute atomic E-state index is 11.9. The predicted octanol–water partition coefficient (Wildman–Crippen LogP) is 3.78. The van der Waals surface area contributed by atoms with E-state index in [1.165, 1.54) is 11.8 Å². The molecule has 2 aromatic carbocycles. The zero-order valence-electron chi connectivity index (χ0n) is 12.5. The van der Waals surface area contributed by atoms with Crippen molar-refractivity contribution >= 4 is 23.4 Å². The van der Waals surface area contributed by atoms with E-state index >= 15 is 0 Å². The Labute approximate surface area is 138 Å². The van der Waals surface area contributed by atoms with Gasteiger partial charge in [-0.3, -0.25) is 4.79 Å². The molecule has 1 N–H and O–H groups in total. The molecule has 0 radical (unpaired) electrons. The van der Waals surface area contributed by atoms with Gasteiger partial charge in [0, 0.05) is 11.3 Å². The molecule has 0 aliphatic heterocycles. The number of carbonyl (C=O) groups excluding carboxylic acids is 1. The number of carbonyl (C=O) groups is 1. The van der Waals surface area contributed by atoms with Crippen molar-refractivity contribution < 1.29 is 9.21 Å². The van der Waals surface area contributed by atoms with Crippen molar-refractivity contribution in [2.24, 2.45) is 0 Å². The Morgan fingerprint density at radius 2 is 1.83 bits per heavy atom. The van der Waals surface area contributed by atoms with E-state index in [-0.39, 0.29) is 11.7 Å². The lowest BCUT2D eigenvalue weighted by Gasteiger charge is -2.02. The summed E-state index contributed by atoms with van der Waals surface area (Å²) in [5.74, 6) is 0.565. The fraction of sp³-hybridized carbons (Fsp3) is 0.118. The van der Waals surface area contributed by atoms with Crippen LogP contribution in [-0.4, -0.2) is 21.9 Å². The molecular formula is C17H15N3O2S. The smallest absolute Gasteiger partial charge is 0.277 e. The summed E-state index contributed by atoms with van der Waals surface area (Å²) in [6.07, 6.45) is 0. The fourth-order valence-electron chi connectivity index (χ4n) is 2.04. The summed E-state index contributed by atoms with van der Waals surface area (Å²) in [7, 11) is 0. The Kier molecular flexibility index (Phi) is 4.73. The lowest BCUT2D eigenvalue weighted by Crippen LogP contribution is -2.13. The third-order valence-corrected chi connectivity index (χ3v) is 3.98. The molecule has 1 amide bonds. The summed E-state index contributed by atoms with van der Waals surface area (Å²) in [6, 6.07) is 17.1. The fourth-order valence-corrected chi connectivity index (χ4v) is 2.60. The molecule has 5 nitrogen and oxygen atoms in total. The normalized spacial score (nSPS) is 10.5. The number of nitrogens with one attached hydrogen (secondary N) is 1. The van der Waals surface area contributed by atoms with E-state index in [1.807, 2.05) is 61.5 Å². The van der Waals surface area contributed by atoms with Crippen molar-refractivity contribution in [3.8, 4) is 11.5 Å². The minimum absolute atomic E-state index is 0.114. The van der Waals surface area contributed by atoms with Crippen molar-refractivity contribution in [3.05, 3.63) is 60.2 Å². The second-order valence-electron chi connectivity index (χ2n) is 4.89. The first-order chi connectivity index (χ1) is 11.2. The zero-order valence-corrected chi connectivity index (χ0v) is 13.3. The van der Waals surface area contributed by atoms with Gasteiger partial charge in [-0.05, 0) is 30.7 Å². The highest BCUT2D eigenvalue weighted by Crippen LogP contribution is 2.25. The molecule has 0 saturated carbocycles. The van der Waals surface area contributed by atoms with Gasteiger partial charge in [0.2, 0.25) is 11.8 Å². The predicted molar refractivity (Wildman–Crippen MR) is 90.3 cm³/mol. The number of para-hydroxylation sites is 1. The van der Waals surface area contributed by atoms with E-state index in [2.05, 4.69) is 15.5 Å². The van der Waals surface area contributed by atoms with Crippen molar-refractivity contribution in [1.82, 2.24) is 10.2 Å². The van der Waals surface area contributed by atoms with Crippen LogP contribution in [0.2, 0.25) is 0 Å². The van der Waals surface area contributed by atoms with E-state index < -0.39 is 0 Å². The van der Waals surface area contributed by atoms with Gasteiger partial charge < -0.3 is 9.73 Å². The van der Waals surface area contributed by atoms with Gasteiger partial charge in [-0.25, -0.2) is 0 Å². The number of nitrogens with zero attached hydrogens (tertiary/aromatic N) is 2. The van der Waals surface area contributed by atoms with Gasteiger partial charge >= 0.3 is 0 Å². The first kappa shape index (κ1) is 15.3. The number of hydrogen-bond acceptors (Lipinski definition) is 5. The van der Waals surface area contributed by atoms with Gasteiger partial charge in [-0.1, -0.05) is 48.2 Å². The van der Waals surface area contributed by atoms with E-state index in [0.717, 1.165) is 16.8 Å². The average molecular weight is 325 g/mol. The molecule has 0 bridgehead atoms. The quantitative estimate of drug-likeness (QED) is 0.723. The molecule has 23 heavy (non-hydrogen) atoms. The number of aryl methyl sites for hydroxylation is 1. The maximum Gasteiger partial charge on any atom is 0.277 e. The highest BCUT2D eigenvalue weighted by Gasteiger charge is 2.12. The molecule has 0 aliphatic carbocycles. The van der Waals surface area contributed by atoms with E-state index in [4.69, 9.17) is 4.42 Å². The van der Waals surface area contributed by atoms with E-state index in [0.29, 0.717) is 11.1 Å². The van der Waals surface area contributed by atoms with Gasteiger partial charge in [0.05, 0.1) is 5.75 Å². The molecular weight excluding hydrogens is 310 g/mol. The van der Waals surface area contributed by atoms with Gasteiger partial charge in [-0.15, -0.1) is 10.2 Å². The van der Waals surface area contributed by atoms with Crippen LogP contribution in [-0.2, 0) is 4.79 Å². The Morgan fingerprint density at radius 1 is 1.09 bits per heavy atom. The number of amides is 1. The lowest BCUT2D eigenvalue weighted by atomic mass is 10.1. The molecule has 116 valence electrons. The van der Waals surface area contributed by atoms with Crippen LogP contribution >= 0.6 is 11.8 Å². The average Bonchev–Trinajstić information content (AvgIpc) is 3.03. The zero-order chi connectivity index (χ0) is 16.1. The number of anilines is 1. The third-order valence-electron chi connectivity index (χ3n) is 3.17. The van der Waals surface area contributed by atoms with E-state index in [9.17, 15) is 4.79 Å². The summed E-state index contributed by atoms with van der Waals surface area (Å²) < 4.78 is 5.61. The topological polar surface area (TPSA) is 68.0 Å². The second kappa shape index (κ2) is 7.11. The SMILES string of the molecule is Cc1ccccc1-c1nnc(SCC(=O)Nc2ccccc2)o1. The molecule has 1 aromatic heterocycles. The molecule has 0 fully saturated rings. The van der Waals surface area contributed by atoms with Gasteiger partial charge in [0.15, 0.2) is 0 Å². The van der Waals surface area contributed by atoms with Crippen LogP contribution in [0.25, 0.3) is 11.5 Å². The molecule has 0 aliphatic rings. The minimum atomic E-state index is -0.114. The summed E-state index contributed by atoms with van der Waals surface area (Å²) >= 11 is 1.22. The highest BCUT2D eigenvalue weighted by molar-refractivity contribution is 7.99. The second-order valence-corrected chi connectivity index (χ2v) is 5.82. The van der Waals surface area contributed by atoms with Gasteiger partial charge in [0.25, 0.3) is 5.22 Å². The molecule has 3 aromatic rings. The molecule has 0 saturated heterocycles. The summed E-state index contributed by atoms with van der Waals surface area (Å²) in [4.78, 5) is 11.9. The summed E-state index contributed by atoms with van der Waals surface area (Å²) in [6.45, 7) is 1.99. The van der Waals surface area contributed by atoms with Crippen LogP contribution in [0.4, 0.5) is 5.69 Å². The number of aromatic nitrogens is 2. The summed E-state index contributed by atoms with van der Waals surface area (Å²) in [5.41, 5.74) is 2.74. The van der Waals surface area contributed by atoms with Crippen LogP contribution in [0, 0.1) is 6.92 Å². The van der Waals surface area contributed by atoms with Crippen LogP contribution in [0.5, 0.6) is 0 Å². The van der Waals surface area contributed by atoms with Crippen molar-refractivity contribution in [2.45, 2.75) is 12.1 Å². The lowest BCUT2D eigenvalue weighted by molar-refractivity contribution is -0.113. The number of hydrogen-bond donors (Lipinski definition) is 1. The van der Waals surface area contributed by atoms with Crippen molar-refractivity contribution in [3.63, 3.8) is 0 Å². The number of thioether (sulfide) groups is 1. The Morgan fingerprint density at radius 3 is 2.61 bits per heavy atom. The van der Waals surface area contributed by atoms with Crippen molar-refractivity contribution in [2.75, 3.05) is 11.1 Å². The first-order valence-corrected chi connectivity index (χ1v) is 8.08. The minimum Gasteiger partial charge on any atom is -0.411 e. The number of benzene rings is 2. The van der Waals surface area contributed by atoms with Crippen LogP contribution < -0.4 is 5.32 Å². The third kappa shape index (κ3) is 3.98. The van der Waals surface area contributed by atoms with Crippen LogP contribution in [0.1, 0.15) is 5.56 Å². The molecule has 6 heteroatoms. The Bertz CT molecular complexity index is 802. The Hall–Kier alpha value is -2.60. The standard InChI is InChI=1S/C17H15N3O2S/c1-12-7-5-6-10-14(12)16-19-20-17(22-16)23-11-15(21)18-13-8-3-2-4-9-13/h2-10H,11H2,1H3,(H,18,21). The molecule has 0 spiro atoms. The van der Waals surface area contributed by atoms with Crippen LogP contribution in [0.3, 0.4) is 0 Å². The van der Waals surface area contributed by atoms with Gasteiger partial charge in [0.1, 0.15) is 0 Å². The van der Waals surface area contributed by atoms with Gasteiger partial charge in [-0.2, -0.15) is 0 Å². The molecule has 3 rings (SSSR count). The molecule has 0 atom stereocenters. The maximum atomic E-state index is 11.9. The first-order valence-electron chi connectivity index (χ1n) is 7.09. The Balaban J connectivity index is 1.59. The largest absolute Gasteiger partial charge is 0.411 e.